The SMILES string of the molecule is O=C(O)c1ccc(N2C(=O)[C@H]3[C@H](CC=C4[C@H]3C[C@H]3C(=O)N(c5ccc(C(=O)O)c(O)c5)C(=O)[C@H]3[C@H]4c3cc(Br)ccc3O)C2=O)cc1O. The molecular weight excluding hydrogens is 692 g/mol. The highest BCUT2D eigenvalue weighted by molar-refractivity contribution is 9.10. The number of aromatic carboxylic acids is 2. The first-order valence-corrected chi connectivity index (χ1v) is 15.7. The molecule has 6 atom stereocenters. The van der Waals surface area contributed by atoms with Crippen LogP contribution in [0.25, 0.3) is 0 Å². The Kier molecular flexibility index (Phi) is 7.16. The Hall–Kier alpha value is -5.50. The second-order valence-corrected chi connectivity index (χ2v) is 13.2. The summed E-state index contributed by atoms with van der Waals surface area (Å²) in [6.07, 6.45) is 1.88. The Morgan fingerprint density at radius 1 is 0.646 bits per heavy atom. The van der Waals surface area contributed by atoms with Crippen LogP contribution in [0.15, 0.2) is 70.7 Å². The van der Waals surface area contributed by atoms with Crippen molar-refractivity contribution >= 4 is 62.9 Å². The normalized spacial score (nSPS) is 26.2. The quantitative estimate of drug-likeness (QED) is 0.188. The average molecular weight is 717 g/mol. The van der Waals surface area contributed by atoms with Crippen LogP contribution in [0, 0.1) is 29.6 Å². The third-order valence-corrected chi connectivity index (χ3v) is 10.4. The Balaban J connectivity index is 1.32. The summed E-state index contributed by atoms with van der Waals surface area (Å²) in [5.41, 5.74) is 0.0372. The first-order valence-electron chi connectivity index (χ1n) is 14.9. The molecule has 3 aromatic carbocycles. The minimum atomic E-state index is -1.40. The minimum absolute atomic E-state index is 0.000735. The number of carbonyl (C=O) groups is 6. The van der Waals surface area contributed by atoms with Crippen LogP contribution in [0.4, 0.5) is 11.4 Å². The standard InChI is InChI=1S/C34H25BrN2O11/c35-13-1-8-23(38)21(9-13)26-16-6-7-19-27(31(43)36(29(19)41)14-2-4-17(33(45)46)24(39)10-14)20(16)12-22-28(26)32(44)37(30(22)42)15-3-5-18(34(47)48)25(40)11-15/h1-6,8-11,19-20,22,26-28,38-40H,7,12H2,(H,45,46)(H,47,48)/t19-,20+,22+,26+,27-,28+/m0/s1. The van der Waals surface area contributed by atoms with E-state index in [1.165, 1.54) is 18.2 Å². The van der Waals surface area contributed by atoms with E-state index in [1.54, 1.807) is 18.2 Å². The molecule has 7 rings (SSSR count). The summed E-state index contributed by atoms with van der Waals surface area (Å²) in [6.45, 7) is 0. The van der Waals surface area contributed by atoms with E-state index in [9.17, 15) is 54.3 Å². The molecule has 48 heavy (non-hydrogen) atoms. The van der Waals surface area contributed by atoms with Gasteiger partial charge >= 0.3 is 11.9 Å². The monoisotopic (exact) mass is 716 g/mol. The number of carboxylic acid groups (broad SMARTS) is 2. The maximum Gasteiger partial charge on any atom is 0.339 e. The second kappa shape index (κ2) is 11.0. The van der Waals surface area contributed by atoms with E-state index in [0.717, 1.165) is 34.1 Å². The summed E-state index contributed by atoms with van der Waals surface area (Å²) in [4.78, 5) is 80.9. The molecule has 4 aliphatic rings. The number of hydrogen-bond acceptors (Lipinski definition) is 9. The molecule has 2 saturated heterocycles. The number of hydrogen-bond donors (Lipinski definition) is 5. The Morgan fingerprint density at radius 3 is 1.73 bits per heavy atom. The topological polar surface area (TPSA) is 210 Å². The van der Waals surface area contributed by atoms with Crippen LogP contribution < -0.4 is 9.80 Å². The molecule has 244 valence electrons. The van der Waals surface area contributed by atoms with Crippen molar-refractivity contribution in [2.24, 2.45) is 29.6 Å². The lowest BCUT2D eigenvalue weighted by Gasteiger charge is -2.44. The highest BCUT2D eigenvalue weighted by Gasteiger charge is 2.62. The highest BCUT2D eigenvalue weighted by atomic mass is 79.9. The first kappa shape index (κ1) is 31.1. The molecule has 0 spiro atoms. The van der Waals surface area contributed by atoms with Crippen molar-refractivity contribution in [3.63, 3.8) is 0 Å². The predicted octanol–water partition coefficient (Wildman–Crippen LogP) is 4.01. The number of carbonyl (C=O) groups excluding carboxylic acids is 4. The zero-order valence-corrected chi connectivity index (χ0v) is 26.2. The van der Waals surface area contributed by atoms with Crippen molar-refractivity contribution in [3.8, 4) is 17.2 Å². The molecule has 14 heteroatoms. The number of imide groups is 2. The van der Waals surface area contributed by atoms with Crippen LogP contribution in [0.5, 0.6) is 17.2 Å². The van der Waals surface area contributed by atoms with Gasteiger partial charge in [-0.15, -0.1) is 0 Å². The number of carboxylic acids is 2. The average Bonchev–Trinajstić information content (AvgIpc) is 3.44. The van der Waals surface area contributed by atoms with Crippen molar-refractivity contribution in [1.29, 1.82) is 0 Å². The highest BCUT2D eigenvalue weighted by Crippen LogP contribution is 2.59. The summed E-state index contributed by atoms with van der Waals surface area (Å²) in [7, 11) is 0. The fourth-order valence-electron chi connectivity index (χ4n) is 7.90. The molecule has 5 N–H and O–H groups in total. The van der Waals surface area contributed by atoms with E-state index in [2.05, 4.69) is 15.9 Å². The molecule has 0 unspecified atom stereocenters. The fourth-order valence-corrected chi connectivity index (χ4v) is 8.28. The molecule has 0 aromatic heterocycles. The van der Waals surface area contributed by atoms with Crippen LogP contribution in [0.1, 0.15) is 45.0 Å². The largest absolute Gasteiger partial charge is 0.508 e. The number of phenols is 3. The Morgan fingerprint density at radius 2 is 1.19 bits per heavy atom. The van der Waals surface area contributed by atoms with E-state index >= 15 is 0 Å². The van der Waals surface area contributed by atoms with E-state index in [1.807, 2.05) is 0 Å². The van der Waals surface area contributed by atoms with Gasteiger partial charge in [-0.3, -0.25) is 19.2 Å². The van der Waals surface area contributed by atoms with Crippen molar-refractivity contribution in [2.75, 3.05) is 9.80 Å². The van der Waals surface area contributed by atoms with Gasteiger partial charge in [0.25, 0.3) is 0 Å². The van der Waals surface area contributed by atoms with Crippen molar-refractivity contribution in [2.45, 2.75) is 18.8 Å². The number of halogens is 1. The molecule has 3 fully saturated rings. The Labute approximate surface area is 279 Å². The molecule has 2 aliphatic carbocycles. The number of fused-ring (bicyclic) bond motifs is 4. The molecule has 4 amide bonds. The van der Waals surface area contributed by atoms with Gasteiger partial charge in [0.1, 0.15) is 28.4 Å². The van der Waals surface area contributed by atoms with Gasteiger partial charge in [0.15, 0.2) is 0 Å². The number of benzene rings is 3. The molecule has 13 nitrogen and oxygen atoms in total. The second-order valence-electron chi connectivity index (χ2n) is 12.3. The van der Waals surface area contributed by atoms with Gasteiger partial charge in [0.05, 0.1) is 35.0 Å². The number of phenolic OH excluding ortho intramolecular Hbond substituents is 1. The number of amides is 4. The third-order valence-electron chi connectivity index (χ3n) is 9.91. The van der Waals surface area contributed by atoms with Crippen LogP contribution in [0.3, 0.4) is 0 Å². The minimum Gasteiger partial charge on any atom is -0.508 e. The van der Waals surface area contributed by atoms with E-state index in [0.29, 0.717) is 15.6 Å². The molecule has 0 bridgehead atoms. The number of anilines is 2. The van der Waals surface area contributed by atoms with Gasteiger partial charge < -0.3 is 25.5 Å². The van der Waals surface area contributed by atoms with Gasteiger partial charge in [0.2, 0.25) is 23.6 Å². The predicted molar refractivity (Wildman–Crippen MR) is 168 cm³/mol. The van der Waals surface area contributed by atoms with Gasteiger partial charge in [-0.05, 0) is 61.2 Å². The summed E-state index contributed by atoms with van der Waals surface area (Å²) in [5, 5.41) is 50.4. The van der Waals surface area contributed by atoms with E-state index in [-0.39, 0.29) is 30.0 Å². The van der Waals surface area contributed by atoms with Crippen LogP contribution in [0.2, 0.25) is 0 Å². The number of nitrogens with zero attached hydrogens (tertiary/aromatic N) is 2. The van der Waals surface area contributed by atoms with Crippen molar-refractivity contribution in [1.82, 2.24) is 0 Å². The molecule has 2 aliphatic heterocycles. The first-order chi connectivity index (χ1) is 22.8. The van der Waals surface area contributed by atoms with Crippen molar-refractivity contribution in [3.05, 3.63) is 87.4 Å². The van der Waals surface area contributed by atoms with Gasteiger partial charge in [-0.1, -0.05) is 27.6 Å². The number of allylic oxidation sites excluding steroid dienone is 2. The van der Waals surface area contributed by atoms with Crippen LogP contribution in [-0.4, -0.2) is 61.1 Å². The molecule has 2 heterocycles. The number of rotatable bonds is 5. The summed E-state index contributed by atoms with van der Waals surface area (Å²) in [5.74, 6) is -12.1. The maximum atomic E-state index is 14.2. The van der Waals surface area contributed by atoms with Gasteiger partial charge in [0, 0.05) is 28.1 Å². The molecule has 0 radical (unpaired) electrons. The van der Waals surface area contributed by atoms with Crippen molar-refractivity contribution < 1.29 is 54.3 Å². The summed E-state index contributed by atoms with van der Waals surface area (Å²) in [6, 6.07) is 11.4. The molecule has 1 saturated carbocycles. The summed E-state index contributed by atoms with van der Waals surface area (Å²) < 4.78 is 0.578. The van der Waals surface area contributed by atoms with Crippen LogP contribution in [-0.2, 0) is 19.2 Å². The lowest BCUT2D eigenvalue weighted by Crippen LogP contribution is -2.43. The smallest absolute Gasteiger partial charge is 0.339 e. The zero-order chi connectivity index (χ0) is 34.3. The summed E-state index contributed by atoms with van der Waals surface area (Å²) >= 11 is 3.41. The Bertz CT molecular complexity index is 2040. The lowest BCUT2D eigenvalue weighted by molar-refractivity contribution is -0.126. The van der Waals surface area contributed by atoms with Crippen LogP contribution >= 0.6 is 15.9 Å². The third kappa shape index (κ3) is 4.50. The molecular formula is C34H25BrN2O11. The number of aromatic hydroxyl groups is 3. The van der Waals surface area contributed by atoms with Gasteiger partial charge in [-0.25, -0.2) is 19.4 Å². The molecule has 3 aromatic rings. The van der Waals surface area contributed by atoms with E-state index in [4.69, 9.17) is 0 Å². The fraction of sp³-hybridized carbons (Fsp3) is 0.235. The van der Waals surface area contributed by atoms with E-state index < -0.39 is 93.7 Å². The zero-order valence-electron chi connectivity index (χ0n) is 24.6. The van der Waals surface area contributed by atoms with Gasteiger partial charge in [-0.2, -0.15) is 0 Å². The lowest BCUT2D eigenvalue weighted by atomic mass is 9.57. The maximum absolute atomic E-state index is 14.2.